The Balaban J connectivity index is 1.44. The molecule has 3 rings (SSSR count). The van der Waals surface area contributed by atoms with Gasteiger partial charge in [-0.15, -0.1) is 0 Å². The molecule has 0 fully saturated rings. The smallest absolute Gasteiger partial charge is 0.306 e. The first-order valence-electron chi connectivity index (χ1n) is 8.16. The van der Waals surface area contributed by atoms with Crippen molar-refractivity contribution in [1.82, 2.24) is 15.1 Å². The lowest BCUT2D eigenvalue weighted by molar-refractivity contribution is -0.147. The Morgan fingerprint density at radius 1 is 1.21 bits per heavy atom. The molecule has 2 aromatic heterocycles. The number of pyridine rings is 1. The fraction of sp³-hybridized carbons (Fsp3) is 0.167. The van der Waals surface area contributed by atoms with Gasteiger partial charge in [0.2, 0.25) is 11.7 Å². The van der Waals surface area contributed by atoms with E-state index in [0.29, 0.717) is 11.3 Å². The SMILES string of the molecule is O=C(COC(=O)CCc1nc(-c2ccc(F)cc2)no1)Nc1cccnc1Cl. The summed E-state index contributed by atoms with van der Waals surface area (Å²) in [7, 11) is 0. The topological polar surface area (TPSA) is 107 Å². The van der Waals surface area contributed by atoms with Crippen molar-refractivity contribution in [3.05, 3.63) is 59.5 Å². The zero-order chi connectivity index (χ0) is 19.9. The Hall–Kier alpha value is -3.33. The first kappa shape index (κ1) is 19.4. The summed E-state index contributed by atoms with van der Waals surface area (Å²) in [5.41, 5.74) is 0.911. The number of aryl methyl sites for hydroxylation is 1. The van der Waals surface area contributed by atoms with E-state index in [2.05, 4.69) is 20.4 Å². The molecule has 1 N–H and O–H groups in total. The van der Waals surface area contributed by atoms with E-state index in [1.807, 2.05) is 0 Å². The van der Waals surface area contributed by atoms with E-state index >= 15 is 0 Å². The molecule has 0 bridgehead atoms. The second-order valence-electron chi connectivity index (χ2n) is 5.57. The zero-order valence-corrected chi connectivity index (χ0v) is 15.1. The number of anilines is 1. The second kappa shape index (κ2) is 9.05. The van der Waals surface area contributed by atoms with Crippen molar-refractivity contribution in [3.8, 4) is 11.4 Å². The molecule has 0 aliphatic heterocycles. The van der Waals surface area contributed by atoms with E-state index in [-0.39, 0.29) is 35.5 Å². The standard InChI is InChI=1S/C18H14ClFN4O4/c19-17-13(2-1-9-21-17)22-14(25)10-27-16(26)8-7-15-23-18(24-28-15)11-3-5-12(20)6-4-11/h1-6,9H,7-8,10H2,(H,22,25). The van der Waals surface area contributed by atoms with Crippen LogP contribution in [0.4, 0.5) is 10.1 Å². The van der Waals surface area contributed by atoms with Crippen LogP contribution in [-0.2, 0) is 20.7 Å². The van der Waals surface area contributed by atoms with Gasteiger partial charge >= 0.3 is 5.97 Å². The van der Waals surface area contributed by atoms with E-state index in [1.165, 1.54) is 30.5 Å². The van der Waals surface area contributed by atoms with Gasteiger partial charge in [-0.1, -0.05) is 16.8 Å². The number of hydrogen-bond donors (Lipinski definition) is 1. The Morgan fingerprint density at radius 2 is 2.00 bits per heavy atom. The van der Waals surface area contributed by atoms with Gasteiger partial charge in [0.25, 0.3) is 5.91 Å². The predicted octanol–water partition coefficient (Wildman–Crippen LogP) is 3.04. The van der Waals surface area contributed by atoms with Crippen LogP contribution in [0.5, 0.6) is 0 Å². The van der Waals surface area contributed by atoms with Gasteiger partial charge in [-0.2, -0.15) is 4.98 Å². The summed E-state index contributed by atoms with van der Waals surface area (Å²) in [4.78, 5) is 31.5. The molecule has 10 heteroatoms. The van der Waals surface area contributed by atoms with Crippen LogP contribution in [-0.4, -0.2) is 33.6 Å². The molecule has 0 unspecified atom stereocenters. The number of nitrogens with zero attached hydrogens (tertiary/aromatic N) is 3. The number of carbonyl (C=O) groups excluding carboxylic acids is 2. The molecule has 0 atom stereocenters. The maximum absolute atomic E-state index is 12.9. The minimum atomic E-state index is -0.603. The third-order valence-electron chi connectivity index (χ3n) is 3.51. The Kier molecular flexibility index (Phi) is 6.28. The van der Waals surface area contributed by atoms with Crippen molar-refractivity contribution in [2.75, 3.05) is 11.9 Å². The second-order valence-corrected chi connectivity index (χ2v) is 5.93. The molecule has 0 radical (unpaired) electrons. The van der Waals surface area contributed by atoms with Crippen molar-refractivity contribution in [2.24, 2.45) is 0 Å². The van der Waals surface area contributed by atoms with Gasteiger partial charge < -0.3 is 14.6 Å². The van der Waals surface area contributed by atoms with Gasteiger partial charge in [-0.3, -0.25) is 9.59 Å². The van der Waals surface area contributed by atoms with Crippen molar-refractivity contribution < 1.29 is 23.2 Å². The van der Waals surface area contributed by atoms with Gasteiger partial charge in [0.1, 0.15) is 5.82 Å². The largest absolute Gasteiger partial charge is 0.456 e. The van der Waals surface area contributed by atoms with Gasteiger partial charge in [-0.25, -0.2) is 9.37 Å². The van der Waals surface area contributed by atoms with E-state index < -0.39 is 18.5 Å². The summed E-state index contributed by atoms with van der Waals surface area (Å²) in [6, 6.07) is 8.79. The summed E-state index contributed by atoms with van der Waals surface area (Å²) in [5.74, 6) is -1.00. The number of ether oxygens (including phenoxy) is 1. The molecule has 1 aromatic carbocycles. The lowest BCUT2D eigenvalue weighted by Crippen LogP contribution is -2.21. The van der Waals surface area contributed by atoms with Crippen LogP contribution in [0, 0.1) is 5.82 Å². The molecule has 0 aliphatic carbocycles. The highest BCUT2D eigenvalue weighted by atomic mass is 35.5. The highest BCUT2D eigenvalue weighted by Gasteiger charge is 2.13. The number of carbonyl (C=O) groups is 2. The number of nitrogens with one attached hydrogen (secondary N) is 1. The fourth-order valence-corrected chi connectivity index (χ4v) is 2.33. The lowest BCUT2D eigenvalue weighted by Gasteiger charge is -2.06. The maximum atomic E-state index is 12.9. The highest BCUT2D eigenvalue weighted by Crippen LogP contribution is 2.18. The van der Waals surface area contributed by atoms with Crippen molar-refractivity contribution in [3.63, 3.8) is 0 Å². The molecule has 0 spiro atoms. The van der Waals surface area contributed by atoms with Crippen LogP contribution in [0.25, 0.3) is 11.4 Å². The molecular formula is C18H14ClFN4O4. The summed E-state index contributed by atoms with van der Waals surface area (Å²) in [6.45, 7) is -0.464. The number of benzene rings is 1. The number of amides is 1. The molecule has 0 saturated heterocycles. The minimum Gasteiger partial charge on any atom is -0.456 e. The highest BCUT2D eigenvalue weighted by molar-refractivity contribution is 6.32. The monoisotopic (exact) mass is 404 g/mol. The molecule has 8 nitrogen and oxygen atoms in total. The average molecular weight is 405 g/mol. The van der Waals surface area contributed by atoms with Crippen LogP contribution in [0.2, 0.25) is 5.15 Å². The Bertz CT molecular complexity index is 978. The van der Waals surface area contributed by atoms with Crippen LogP contribution in [0.1, 0.15) is 12.3 Å². The van der Waals surface area contributed by atoms with Gasteiger partial charge in [0.05, 0.1) is 12.1 Å². The van der Waals surface area contributed by atoms with Crippen molar-refractivity contribution in [1.29, 1.82) is 0 Å². The molecule has 28 heavy (non-hydrogen) atoms. The van der Waals surface area contributed by atoms with Crippen LogP contribution in [0.15, 0.2) is 47.1 Å². The van der Waals surface area contributed by atoms with Crippen LogP contribution >= 0.6 is 11.6 Å². The van der Waals surface area contributed by atoms with Gasteiger partial charge in [0, 0.05) is 18.2 Å². The van der Waals surface area contributed by atoms with Crippen LogP contribution < -0.4 is 5.32 Å². The first-order chi connectivity index (χ1) is 13.5. The Labute approximate surface area is 163 Å². The molecule has 1 amide bonds. The number of aromatic nitrogens is 3. The normalized spacial score (nSPS) is 10.5. The van der Waals surface area contributed by atoms with Crippen molar-refractivity contribution >= 4 is 29.2 Å². The molecule has 144 valence electrons. The fourth-order valence-electron chi connectivity index (χ4n) is 2.17. The van der Waals surface area contributed by atoms with Gasteiger partial charge in [0.15, 0.2) is 11.8 Å². The van der Waals surface area contributed by atoms with Crippen molar-refractivity contribution in [2.45, 2.75) is 12.8 Å². The Morgan fingerprint density at radius 3 is 2.75 bits per heavy atom. The average Bonchev–Trinajstić information content (AvgIpc) is 3.16. The molecule has 3 aromatic rings. The molecule has 0 aliphatic rings. The molecular weight excluding hydrogens is 391 g/mol. The predicted molar refractivity (Wildman–Crippen MR) is 96.8 cm³/mol. The summed E-state index contributed by atoms with van der Waals surface area (Å²) < 4.78 is 22.9. The first-order valence-corrected chi connectivity index (χ1v) is 8.53. The number of halogens is 2. The third-order valence-corrected chi connectivity index (χ3v) is 3.81. The molecule has 2 heterocycles. The van der Waals surface area contributed by atoms with Gasteiger partial charge in [-0.05, 0) is 36.4 Å². The summed E-state index contributed by atoms with van der Waals surface area (Å²) >= 11 is 5.83. The minimum absolute atomic E-state index is 0.0496. The summed E-state index contributed by atoms with van der Waals surface area (Å²) in [6.07, 6.45) is 1.58. The van der Waals surface area contributed by atoms with Crippen LogP contribution in [0.3, 0.4) is 0 Å². The van der Waals surface area contributed by atoms with E-state index in [9.17, 15) is 14.0 Å². The number of esters is 1. The number of hydrogen-bond acceptors (Lipinski definition) is 7. The quantitative estimate of drug-likeness (QED) is 0.476. The maximum Gasteiger partial charge on any atom is 0.306 e. The molecule has 0 saturated carbocycles. The lowest BCUT2D eigenvalue weighted by atomic mass is 10.2. The summed E-state index contributed by atoms with van der Waals surface area (Å²) in [5, 5.41) is 6.40. The zero-order valence-electron chi connectivity index (χ0n) is 14.4. The third kappa shape index (κ3) is 5.34. The van der Waals surface area contributed by atoms with E-state index in [1.54, 1.807) is 12.1 Å². The van der Waals surface area contributed by atoms with E-state index in [0.717, 1.165) is 0 Å². The van der Waals surface area contributed by atoms with E-state index in [4.69, 9.17) is 20.9 Å². The number of rotatable bonds is 7.